The van der Waals surface area contributed by atoms with E-state index in [1.54, 1.807) is 29.3 Å². The number of nitrogens with zero attached hydrogens (tertiary/aromatic N) is 4. The van der Waals surface area contributed by atoms with Gasteiger partial charge in [-0.05, 0) is 30.2 Å². The lowest BCUT2D eigenvalue weighted by atomic mass is 10.2. The van der Waals surface area contributed by atoms with Crippen molar-refractivity contribution in [1.29, 1.82) is 0 Å². The predicted molar refractivity (Wildman–Crippen MR) is 88.0 cm³/mol. The van der Waals surface area contributed by atoms with E-state index in [4.69, 9.17) is 0 Å². The molecule has 0 atom stereocenters. The highest BCUT2D eigenvalue weighted by Crippen LogP contribution is 2.31. The number of aromatic nitrogens is 2. The average Bonchev–Trinajstić information content (AvgIpc) is 3.19. The summed E-state index contributed by atoms with van der Waals surface area (Å²) in [7, 11) is -3.57. The lowest BCUT2D eigenvalue weighted by Crippen LogP contribution is -2.38. The van der Waals surface area contributed by atoms with Crippen molar-refractivity contribution in [2.75, 3.05) is 18.0 Å². The number of anilines is 1. The minimum atomic E-state index is -3.57. The molecule has 0 saturated carbocycles. The Morgan fingerprint density at radius 2 is 2.04 bits per heavy atom. The van der Waals surface area contributed by atoms with E-state index in [2.05, 4.69) is 4.98 Å². The van der Waals surface area contributed by atoms with Crippen molar-refractivity contribution in [2.45, 2.75) is 31.3 Å². The Hall–Kier alpha value is -2.19. The van der Waals surface area contributed by atoms with Crippen molar-refractivity contribution >= 4 is 21.6 Å². The fourth-order valence-corrected chi connectivity index (χ4v) is 4.81. The van der Waals surface area contributed by atoms with Crippen molar-refractivity contribution in [3.63, 3.8) is 0 Å². The summed E-state index contributed by atoms with van der Waals surface area (Å²) in [5, 5.41) is 0. The van der Waals surface area contributed by atoms with Crippen LogP contribution in [0.25, 0.3) is 0 Å². The smallest absolute Gasteiger partial charge is 0.243 e. The molecule has 0 spiro atoms. The van der Waals surface area contributed by atoms with Crippen LogP contribution in [-0.2, 0) is 34.3 Å². The number of rotatable bonds is 2. The molecule has 126 valence electrons. The molecular weight excluding hydrogens is 328 g/mol. The van der Waals surface area contributed by atoms with Gasteiger partial charge in [-0.1, -0.05) is 0 Å². The highest BCUT2D eigenvalue weighted by molar-refractivity contribution is 7.89. The van der Waals surface area contributed by atoms with E-state index in [1.807, 2.05) is 10.8 Å². The van der Waals surface area contributed by atoms with Crippen LogP contribution in [0.2, 0.25) is 0 Å². The van der Waals surface area contributed by atoms with Crippen molar-refractivity contribution in [3.05, 3.63) is 42.0 Å². The number of carbonyl (C=O) groups is 1. The van der Waals surface area contributed by atoms with E-state index < -0.39 is 10.0 Å². The van der Waals surface area contributed by atoms with Crippen LogP contribution in [0.1, 0.15) is 18.3 Å². The highest BCUT2D eigenvalue weighted by atomic mass is 32.2. The number of hydrogen-bond acceptors (Lipinski definition) is 4. The van der Waals surface area contributed by atoms with Gasteiger partial charge in [-0.3, -0.25) is 4.79 Å². The summed E-state index contributed by atoms with van der Waals surface area (Å²) in [6, 6.07) is 5.03. The Labute approximate surface area is 140 Å². The standard InChI is InChI=1S/C16H18N4O3S/c1-12(21)20-6-4-13-10-14(2-3-15(13)20)24(22,23)19-9-8-18-7-5-17-16(18)11-19/h2-3,5,7,10H,4,6,8-9,11H2,1H3. The average molecular weight is 346 g/mol. The van der Waals surface area contributed by atoms with Crippen LogP contribution >= 0.6 is 0 Å². The first kappa shape index (κ1) is 15.3. The first-order valence-electron chi connectivity index (χ1n) is 7.88. The molecule has 8 heteroatoms. The fraction of sp³-hybridized carbons (Fsp3) is 0.375. The van der Waals surface area contributed by atoms with Crippen LogP contribution in [0.5, 0.6) is 0 Å². The maximum atomic E-state index is 12.9. The molecule has 2 aromatic rings. The minimum Gasteiger partial charge on any atom is -0.333 e. The zero-order valence-electron chi connectivity index (χ0n) is 13.3. The van der Waals surface area contributed by atoms with E-state index in [0.717, 1.165) is 17.1 Å². The highest BCUT2D eigenvalue weighted by Gasteiger charge is 2.31. The van der Waals surface area contributed by atoms with Crippen molar-refractivity contribution < 1.29 is 13.2 Å². The Morgan fingerprint density at radius 3 is 2.83 bits per heavy atom. The lowest BCUT2D eigenvalue weighted by molar-refractivity contribution is -0.116. The molecule has 0 fully saturated rings. The van der Waals surface area contributed by atoms with E-state index in [0.29, 0.717) is 26.1 Å². The van der Waals surface area contributed by atoms with Gasteiger partial charge in [0.25, 0.3) is 0 Å². The summed E-state index contributed by atoms with van der Waals surface area (Å²) in [6.07, 6.45) is 4.24. The quantitative estimate of drug-likeness (QED) is 0.813. The van der Waals surface area contributed by atoms with Gasteiger partial charge in [0.05, 0.1) is 11.4 Å². The molecule has 0 saturated heterocycles. The summed E-state index contributed by atoms with van der Waals surface area (Å²) in [4.78, 5) is 17.8. The van der Waals surface area contributed by atoms with Crippen LogP contribution in [0.3, 0.4) is 0 Å². The van der Waals surface area contributed by atoms with E-state index in [1.165, 1.54) is 11.2 Å². The molecule has 0 radical (unpaired) electrons. The molecule has 0 bridgehead atoms. The predicted octanol–water partition coefficient (Wildman–Crippen LogP) is 0.997. The third kappa shape index (κ3) is 2.33. The third-order valence-electron chi connectivity index (χ3n) is 4.67. The van der Waals surface area contributed by atoms with Crippen LogP contribution in [0.4, 0.5) is 5.69 Å². The first-order chi connectivity index (χ1) is 11.5. The number of imidazole rings is 1. The number of benzene rings is 1. The largest absolute Gasteiger partial charge is 0.333 e. The van der Waals surface area contributed by atoms with Crippen LogP contribution in [-0.4, -0.2) is 41.3 Å². The topological polar surface area (TPSA) is 75.5 Å². The second-order valence-corrected chi connectivity index (χ2v) is 8.02. The van der Waals surface area contributed by atoms with Gasteiger partial charge in [0.1, 0.15) is 5.82 Å². The van der Waals surface area contributed by atoms with E-state index in [-0.39, 0.29) is 17.3 Å². The molecule has 0 unspecified atom stereocenters. The summed E-state index contributed by atoms with van der Waals surface area (Å²) >= 11 is 0. The Kier molecular flexibility index (Phi) is 3.47. The molecule has 7 nitrogen and oxygen atoms in total. The maximum Gasteiger partial charge on any atom is 0.243 e. The number of fused-ring (bicyclic) bond motifs is 2. The van der Waals surface area contributed by atoms with Crippen LogP contribution < -0.4 is 4.90 Å². The second kappa shape index (κ2) is 5.42. The minimum absolute atomic E-state index is 0.0211. The fourth-order valence-electron chi connectivity index (χ4n) is 3.37. The molecular formula is C16H18N4O3S. The van der Waals surface area contributed by atoms with E-state index >= 15 is 0 Å². The van der Waals surface area contributed by atoms with E-state index in [9.17, 15) is 13.2 Å². The van der Waals surface area contributed by atoms with Crippen LogP contribution in [0.15, 0.2) is 35.5 Å². The molecule has 0 aliphatic carbocycles. The van der Waals surface area contributed by atoms with Gasteiger partial charge in [0, 0.05) is 44.6 Å². The SMILES string of the molecule is CC(=O)N1CCc2cc(S(=O)(=O)N3CCn4ccnc4C3)ccc21. The first-order valence-corrected chi connectivity index (χ1v) is 9.32. The molecule has 24 heavy (non-hydrogen) atoms. The monoisotopic (exact) mass is 346 g/mol. The Bertz CT molecular complexity index is 919. The number of sulfonamides is 1. The molecule has 1 aromatic heterocycles. The zero-order valence-corrected chi connectivity index (χ0v) is 14.2. The number of hydrogen-bond donors (Lipinski definition) is 0. The zero-order chi connectivity index (χ0) is 16.9. The van der Waals surface area contributed by atoms with Gasteiger partial charge in [0.15, 0.2) is 0 Å². The molecule has 2 aliphatic rings. The molecule has 3 heterocycles. The summed E-state index contributed by atoms with van der Waals surface area (Å²) in [6.45, 7) is 3.46. The Morgan fingerprint density at radius 1 is 1.21 bits per heavy atom. The van der Waals surface area contributed by atoms with Gasteiger partial charge in [-0.25, -0.2) is 13.4 Å². The van der Waals surface area contributed by atoms with Crippen LogP contribution in [0, 0.1) is 0 Å². The lowest BCUT2D eigenvalue weighted by Gasteiger charge is -2.27. The normalized spacial score (nSPS) is 17.6. The molecule has 0 N–H and O–H groups in total. The molecule has 2 aliphatic heterocycles. The second-order valence-electron chi connectivity index (χ2n) is 6.09. The van der Waals surface area contributed by atoms with Crippen molar-refractivity contribution in [1.82, 2.24) is 13.9 Å². The van der Waals surface area contributed by atoms with Crippen molar-refractivity contribution in [3.8, 4) is 0 Å². The molecule has 1 amide bonds. The van der Waals surface area contributed by atoms with Gasteiger partial charge in [0.2, 0.25) is 15.9 Å². The molecule has 4 rings (SSSR count). The van der Waals surface area contributed by atoms with Gasteiger partial charge in [-0.2, -0.15) is 4.31 Å². The van der Waals surface area contributed by atoms with Crippen molar-refractivity contribution in [2.24, 2.45) is 0 Å². The van der Waals surface area contributed by atoms with Gasteiger partial charge in [-0.15, -0.1) is 0 Å². The number of amides is 1. The molecule has 1 aromatic carbocycles. The third-order valence-corrected chi connectivity index (χ3v) is 6.52. The Balaban J connectivity index is 1.65. The summed E-state index contributed by atoms with van der Waals surface area (Å²) < 4.78 is 29.3. The summed E-state index contributed by atoms with van der Waals surface area (Å²) in [5.74, 6) is 0.737. The number of carbonyl (C=O) groups excluding carboxylic acids is 1. The van der Waals surface area contributed by atoms with Gasteiger partial charge < -0.3 is 9.47 Å². The van der Waals surface area contributed by atoms with Gasteiger partial charge >= 0.3 is 0 Å². The summed E-state index contributed by atoms with van der Waals surface area (Å²) in [5.41, 5.74) is 1.72. The maximum absolute atomic E-state index is 12.9.